The van der Waals surface area contributed by atoms with E-state index in [0.29, 0.717) is 12.5 Å². The molecular weight excluding hydrogens is 204 g/mol. The summed E-state index contributed by atoms with van der Waals surface area (Å²) in [5, 5.41) is 6.40. The molecular formula is C12H28N2O2. The molecule has 4 heteroatoms. The summed E-state index contributed by atoms with van der Waals surface area (Å²) in [4.78, 5) is 11.4. The Balaban J connectivity index is 0. The van der Waals surface area contributed by atoms with Crippen LogP contribution in [-0.2, 0) is 9.53 Å². The summed E-state index contributed by atoms with van der Waals surface area (Å²) >= 11 is 0. The molecule has 1 rings (SSSR count). The lowest BCUT2D eigenvalue weighted by Crippen LogP contribution is -2.56. The van der Waals surface area contributed by atoms with Crippen molar-refractivity contribution in [3.05, 3.63) is 0 Å². The van der Waals surface area contributed by atoms with Gasteiger partial charge in [0.25, 0.3) is 0 Å². The first kappa shape index (κ1) is 13.5. The fourth-order valence-corrected chi connectivity index (χ4v) is 1.68. The fraction of sp³-hybridized carbons (Fsp3) is 0.917. The molecule has 0 saturated carbocycles. The van der Waals surface area contributed by atoms with Crippen LogP contribution < -0.4 is 10.6 Å². The predicted molar refractivity (Wildman–Crippen MR) is 68.5 cm³/mol. The van der Waals surface area contributed by atoms with Gasteiger partial charge in [0, 0.05) is 33.8 Å². The highest BCUT2D eigenvalue weighted by Gasteiger charge is 2.38. The molecule has 2 N–H and O–H groups in total. The molecule has 1 aliphatic heterocycles. The number of ether oxygens (including phenoxy) is 1. The highest BCUT2D eigenvalue weighted by Crippen LogP contribution is 2.25. The largest absolute Gasteiger partial charge is 0.380 e. The molecule has 0 radical (unpaired) electrons. The van der Waals surface area contributed by atoms with E-state index >= 15 is 0 Å². The molecule has 1 saturated heterocycles. The van der Waals surface area contributed by atoms with Crippen LogP contribution >= 0.6 is 0 Å². The second-order valence-electron chi connectivity index (χ2n) is 5.06. The van der Waals surface area contributed by atoms with E-state index in [0.717, 1.165) is 32.7 Å². The monoisotopic (exact) mass is 232 g/mol. The number of carbonyl (C=O) groups is 1. The van der Waals surface area contributed by atoms with Gasteiger partial charge in [0.2, 0.25) is 5.91 Å². The van der Waals surface area contributed by atoms with Crippen molar-refractivity contribution in [2.75, 3.05) is 26.3 Å². The Hall–Kier alpha value is -0.610. The number of rotatable bonds is 7. The summed E-state index contributed by atoms with van der Waals surface area (Å²) in [5.41, 5.74) is 0.119. The molecule has 0 atom stereocenters. The maximum atomic E-state index is 11.4. The van der Waals surface area contributed by atoms with Crippen molar-refractivity contribution in [1.29, 1.82) is 0 Å². The average Bonchev–Trinajstić information content (AvgIpc) is 2.15. The van der Waals surface area contributed by atoms with E-state index in [2.05, 4.69) is 24.5 Å². The third kappa shape index (κ3) is 4.10. The van der Waals surface area contributed by atoms with Crippen molar-refractivity contribution in [2.45, 2.75) is 39.7 Å². The first-order valence-electron chi connectivity index (χ1n) is 6.16. The van der Waals surface area contributed by atoms with Crippen LogP contribution in [-0.4, -0.2) is 38.3 Å². The summed E-state index contributed by atoms with van der Waals surface area (Å²) in [6.07, 6.45) is 1.52. The summed E-state index contributed by atoms with van der Waals surface area (Å²) in [5.74, 6) is 0.151. The molecule has 0 aromatic heterocycles. The van der Waals surface area contributed by atoms with Gasteiger partial charge in [-0.2, -0.15) is 0 Å². The third-order valence-electron chi connectivity index (χ3n) is 2.84. The topological polar surface area (TPSA) is 50.4 Å². The zero-order chi connectivity index (χ0) is 12.0. The minimum atomic E-state index is 0. The zero-order valence-corrected chi connectivity index (χ0v) is 10.6. The number of amides is 1. The Labute approximate surface area is 101 Å². The average molecular weight is 232 g/mol. The van der Waals surface area contributed by atoms with E-state index in [9.17, 15) is 4.79 Å². The summed E-state index contributed by atoms with van der Waals surface area (Å²) < 4.78 is 5.27. The van der Waals surface area contributed by atoms with Gasteiger partial charge >= 0.3 is 0 Å². The minimum Gasteiger partial charge on any atom is -0.380 e. The lowest BCUT2D eigenvalue weighted by Gasteiger charge is -2.42. The first-order chi connectivity index (χ1) is 7.58. The summed E-state index contributed by atoms with van der Waals surface area (Å²) in [7, 11) is 0. The second kappa shape index (κ2) is 6.21. The molecule has 0 spiro atoms. The Kier molecular flexibility index (Phi) is 5.22. The second-order valence-corrected chi connectivity index (χ2v) is 5.06. The van der Waals surface area contributed by atoms with Crippen LogP contribution in [0, 0.1) is 5.41 Å². The van der Waals surface area contributed by atoms with Crippen LogP contribution in [0.25, 0.3) is 0 Å². The molecule has 98 valence electrons. The van der Waals surface area contributed by atoms with Crippen molar-refractivity contribution < 1.29 is 12.4 Å². The van der Waals surface area contributed by atoms with Gasteiger partial charge in [0.1, 0.15) is 0 Å². The van der Waals surface area contributed by atoms with Gasteiger partial charge in [0.15, 0.2) is 0 Å². The van der Waals surface area contributed by atoms with Gasteiger partial charge in [0.05, 0.1) is 13.2 Å². The molecule has 0 aliphatic carbocycles. The first-order valence-corrected chi connectivity index (χ1v) is 6.16. The van der Waals surface area contributed by atoms with E-state index in [4.69, 9.17) is 4.74 Å². The number of nitrogens with one attached hydrogen (secondary N) is 2. The van der Waals surface area contributed by atoms with Gasteiger partial charge in [-0.3, -0.25) is 4.79 Å². The Morgan fingerprint density at radius 3 is 2.56 bits per heavy atom. The normalized spacial score (nSPS) is 18.2. The van der Waals surface area contributed by atoms with Gasteiger partial charge in [-0.15, -0.1) is 0 Å². The molecule has 1 fully saturated rings. The number of hydrogen-bond donors (Lipinski definition) is 2. The fourth-order valence-electron chi connectivity index (χ4n) is 1.68. The number of hydrogen-bond acceptors (Lipinski definition) is 3. The van der Waals surface area contributed by atoms with Crippen molar-refractivity contribution in [3.8, 4) is 0 Å². The van der Waals surface area contributed by atoms with Crippen molar-refractivity contribution in [1.82, 2.24) is 10.6 Å². The van der Waals surface area contributed by atoms with Crippen molar-refractivity contribution in [2.24, 2.45) is 5.41 Å². The Morgan fingerprint density at radius 2 is 2.12 bits per heavy atom. The van der Waals surface area contributed by atoms with Gasteiger partial charge in [-0.1, -0.05) is 20.8 Å². The maximum absolute atomic E-state index is 11.4. The highest BCUT2D eigenvalue weighted by atomic mass is 16.5. The molecule has 1 aliphatic rings. The van der Waals surface area contributed by atoms with Crippen LogP contribution in [0.3, 0.4) is 0 Å². The predicted octanol–water partition coefficient (Wildman–Crippen LogP) is 1.41. The van der Waals surface area contributed by atoms with Gasteiger partial charge in [-0.05, 0) is 6.42 Å². The highest BCUT2D eigenvalue weighted by molar-refractivity contribution is 5.75. The van der Waals surface area contributed by atoms with Crippen LogP contribution in [0.2, 0.25) is 0 Å². The smallest absolute Gasteiger partial charge is 0.220 e. The Morgan fingerprint density at radius 1 is 1.44 bits per heavy atom. The summed E-state index contributed by atoms with van der Waals surface area (Å²) in [6, 6.07) is 0.476. The quantitative estimate of drug-likeness (QED) is 0.698. The number of carbonyl (C=O) groups excluding carboxylic acids is 1. The lowest BCUT2D eigenvalue weighted by molar-refractivity contribution is -0.129. The van der Waals surface area contributed by atoms with Crippen molar-refractivity contribution >= 4 is 5.91 Å². The van der Waals surface area contributed by atoms with Crippen LogP contribution in [0.15, 0.2) is 0 Å². The Bertz CT molecular complexity index is 234. The van der Waals surface area contributed by atoms with Crippen molar-refractivity contribution in [3.63, 3.8) is 0 Å². The van der Waals surface area contributed by atoms with Crippen LogP contribution in [0.4, 0.5) is 0 Å². The van der Waals surface area contributed by atoms with E-state index in [1.807, 2.05) is 6.92 Å². The SMILES string of the molecule is CCCC(=O)NCC1(CNC(C)C)COC1.[HH].[HH]. The molecule has 16 heavy (non-hydrogen) atoms. The van der Waals surface area contributed by atoms with Gasteiger partial charge in [-0.25, -0.2) is 0 Å². The lowest BCUT2D eigenvalue weighted by atomic mass is 9.85. The molecule has 4 nitrogen and oxygen atoms in total. The molecule has 0 unspecified atom stereocenters. The maximum Gasteiger partial charge on any atom is 0.220 e. The molecule has 0 aromatic rings. The van der Waals surface area contributed by atoms with E-state index in [-0.39, 0.29) is 14.2 Å². The van der Waals surface area contributed by atoms with Gasteiger partial charge < -0.3 is 15.4 Å². The third-order valence-corrected chi connectivity index (χ3v) is 2.84. The zero-order valence-electron chi connectivity index (χ0n) is 10.6. The molecule has 1 heterocycles. The molecule has 0 aromatic carbocycles. The minimum absolute atomic E-state index is 0. The van der Waals surface area contributed by atoms with E-state index < -0.39 is 0 Å². The molecule has 1 amide bonds. The van der Waals surface area contributed by atoms with E-state index in [1.165, 1.54) is 0 Å². The van der Waals surface area contributed by atoms with Crippen LogP contribution in [0.1, 0.15) is 36.5 Å². The summed E-state index contributed by atoms with van der Waals surface area (Å²) in [6.45, 7) is 9.41. The van der Waals surface area contributed by atoms with E-state index in [1.54, 1.807) is 0 Å². The molecule has 0 bridgehead atoms. The standard InChI is InChI=1S/C12H24N2O2.2H2/c1-4-5-11(15)14-7-12(8-16-9-12)6-13-10(2)3;;/h10,13H,4-9H2,1-3H3,(H,14,15);2*1H. The van der Waals surface area contributed by atoms with Crippen LogP contribution in [0.5, 0.6) is 0 Å².